The molecular formula is C16H11BrF2N4. The smallest absolute Gasteiger partial charge is 0.229 e. The van der Waals surface area contributed by atoms with E-state index in [1.165, 1.54) is 12.3 Å². The van der Waals surface area contributed by atoms with Crippen LogP contribution in [0.2, 0.25) is 0 Å². The van der Waals surface area contributed by atoms with E-state index in [1.807, 2.05) is 24.3 Å². The number of benzene rings is 2. The molecule has 1 aromatic heterocycles. The number of rotatable bonds is 4. The fourth-order valence-electron chi connectivity index (χ4n) is 1.90. The van der Waals surface area contributed by atoms with Gasteiger partial charge in [-0.15, -0.1) is 0 Å². The largest absolute Gasteiger partial charge is 0.340 e. The quantitative estimate of drug-likeness (QED) is 0.672. The molecule has 0 amide bonds. The molecule has 0 aliphatic heterocycles. The lowest BCUT2D eigenvalue weighted by atomic mass is 10.3. The Kier molecular flexibility index (Phi) is 4.47. The average Bonchev–Trinajstić information content (AvgIpc) is 2.54. The molecule has 0 spiro atoms. The molecule has 7 heteroatoms. The van der Waals surface area contributed by atoms with Crippen LogP contribution in [-0.2, 0) is 0 Å². The number of anilines is 4. The zero-order valence-corrected chi connectivity index (χ0v) is 13.3. The molecule has 0 saturated heterocycles. The minimum Gasteiger partial charge on any atom is -0.340 e. The Balaban J connectivity index is 1.81. The first-order valence-corrected chi connectivity index (χ1v) is 7.48. The van der Waals surface area contributed by atoms with Crippen molar-refractivity contribution in [3.05, 3.63) is 70.8 Å². The summed E-state index contributed by atoms with van der Waals surface area (Å²) in [6.07, 6.45) is 1.50. The van der Waals surface area contributed by atoms with Crippen LogP contribution in [0.1, 0.15) is 0 Å². The van der Waals surface area contributed by atoms with Gasteiger partial charge in [-0.25, -0.2) is 13.8 Å². The van der Waals surface area contributed by atoms with Crippen molar-refractivity contribution >= 4 is 39.1 Å². The Bertz CT molecular complexity index is 804. The molecular weight excluding hydrogens is 366 g/mol. The van der Waals surface area contributed by atoms with Crippen LogP contribution in [0.5, 0.6) is 0 Å². The second-order valence-electron chi connectivity index (χ2n) is 4.62. The summed E-state index contributed by atoms with van der Waals surface area (Å²) in [5.41, 5.74) is 0.545. The summed E-state index contributed by atoms with van der Waals surface area (Å²) < 4.78 is 28.2. The summed E-state index contributed by atoms with van der Waals surface area (Å²) in [5.74, 6) is -0.822. The lowest BCUT2D eigenvalue weighted by molar-refractivity contribution is 0.590. The molecule has 0 unspecified atom stereocenters. The van der Waals surface area contributed by atoms with E-state index in [4.69, 9.17) is 0 Å². The maximum absolute atomic E-state index is 13.6. The first-order valence-electron chi connectivity index (χ1n) is 6.68. The van der Waals surface area contributed by atoms with Crippen molar-refractivity contribution < 1.29 is 8.78 Å². The lowest BCUT2D eigenvalue weighted by Crippen LogP contribution is -2.03. The molecule has 0 atom stereocenters. The number of nitrogens with zero attached hydrogens (tertiary/aromatic N) is 2. The standard InChI is InChI=1S/C16H11BrF2N4/c17-10-4-6-11(7-5-10)21-14-8-9-20-16(22-14)23-15-12(18)2-1-3-13(15)19/h1-9H,(H2,20,21,22,23). The fourth-order valence-corrected chi connectivity index (χ4v) is 2.16. The van der Waals surface area contributed by atoms with Crippen molar-refractivity contribution in [2.75, 3.05) is 10.6 Å². The number of para-hydroxylation sites is 1. The second kappa shape index (κ2) is 6.70. The topological polar surface area (TPSA) is 49.8 Å². The average molecular weight is 377 g/mol. The van der Waals surface area contributed by atoms with Crippen molar-refractivity contribution in [1.29, 1.82) is 0 Å². The Morgan fingerprint density at radius 1 is 0.870 bits per heavy atom. The lowest BCUT2D eigenvalue weighted by Gasteiger charge is -2.09. The summed E-state index contributed by atoms with van der Waals surface area (Å²) in [4.78, 5) is 8.16. The van der Waals surface area contributed by atoms with Gasteiger partial charge in [0, 0.05) is 16.4 Å². The van der Waals surface area contributed by atoms with Crippen LogP contribution in [0.4, 0.5) is 31.9 Å². The molecule has 0 radical (unpaired) electrons. The minimum atomic E-state index is -0.708. The molecule has 2 aromatic carbocycles. The molecule has 0 aliphatic rings. The van der Waals surface area contributed by atoms with Gasteiger partial charge in [-0.2, -0.15) is 4.98 Å². The number of hydrogen-bond donors (Lipinski definition) is 2. The van der Waals surface area contributed by atoms with Gasteiger partial charge in [0.2, 0.25) is 5.95 Å². The minimum absolute atomic E-state index is 0.0936. The highest BCUT2D eigenvalue weighted by Crippen LogP contribution is 2.23. The molecule has 3 rings (SSSR count). The second-order valence-corrected chi connectivity index (χ2v) is 5.53. The molecule has 0 saturated carbocycles. The van der Waals surface area contributed by atoms with Gasteiger partial charge >= 0.3 is 0 Å². The van der Waals surface area contributed by atoms with Gasteiger partial charge in [-0.1, -0.05) is 22.0 Å². The summed E-state index contributed by atoms with van der Waals surface area (Å²) in [5, 5.41) is 5.64. The third-order valence-electron chi connectivity index (χ3n) is 2.97. The van der Waals surface area contributed by atoms with Gasteiger partial charge in [0.05, 0.1) is 0 Å². The van der Waals surface area contributed by atoms with Gasteiger partial charge in [-0.05, 0) is 42.5 Å². The predicted octanol–water partition coefficient (Wildman–Crippen LogP) is 5.00. The van der Waals surface area contributed by atoms with Gasteiger partial charge in [-0.3, -0.25) is 0 Å². The summed E-state index contributed by atoms with van der Waals surface area (Å²) >= 11 is 3.36. The van der Waals surface area contributed by atoms with Crippen molar-refractivity contribution in [1.82, 2.24) is 9.97 Å². The zero-order chi connectivity index (χ0) is 16.2. The highest BCUT2D eigenvalue weighted by molar-refractivity contribution is 9.10. The van der Waals surface area contributed by atoms with E-state index in [-0.39, 0.29) is 11.6 Å². The maximum Gasteiger partial charge on any atom is 0.229 e. The molecule has 3 aromatic rings. The Morgan fingerprint density at radius 2 is 1.57 bits per heavy atom. The van der Waals surface area contributed by atoms with E-state index < -0.39 is 11.6 Å². The number of aromatic nitrogens is 2. The third kappa shape index (κ3) is 3.81. The van der Waals surface area contributed by atoms with Gasteiger partial charge in [0.1, 0.15) is 23.1 Å². The molecule has 116 valence electrons. The molecule has 4 nitrogen and oxygen atoms in total. The van der Waals surface area contributed by atoms with Crippen LogP contribution in [-0.4, -0.2) is 9.97 Å². The van der Waals surface area contributed by atoms with E-state index in [0.29, 0.717) is 5.82 Å². The van der Waals surface area contributed by atoms with Crippen molar-refractivity contribution in [3.8, 4) is 0 Å². The van der Waals surface area contributed by atoms with E-state index in [9.17, 15) is 8.78 Å². The number of hydrogen-bond acceptors (Lipinski definition) is 4. The van der Waals surface area contributed by atoms with Crippen LogP contribution in [0.25, 0.3) is 0 Å². The van der Waals surface area contributed by atoms with Crippen LogP contribution < -0.4 is 10.6 Å². The molecule has 0 fully saturated rings. The molecule has 0 aliphatic carbocycles. The Labute approximate surface area is 139 Å². The zero-order valence-electron chi connectivity index (χ0n) is 11.7. The number of nitrogens with one attached hydrogen (secondary N) is 2. The molecule has 23 heavy (non-hydrogen) atoms. The van der Waals surface area contributed by atoms with E-state index in [1.54, 1.807) is 6.07 Å². The molecule has 1 heterocycles. The van der Waals surface area contributed by atoms with E-state index in [0.717, 1.165) is 22.3 Å². The first-order chi connectivity index (χ1) is 11.1. The van der Waals surface area contributed by atoms with Gasteiger partial charge in [0.15, 0.2) is 0 Å². The monoisotopic (exact) mass is 376 g/mol. The fraction of sp³-hybridized carbons (Fsp3) is 0. The van der Waals surface area contributed by atoms with Crippen molar-refractivity contribution in [2.45, 2.75) is 0 Å². The highest BCUT2D eigenvalue weighted by atomic mass is 79.9. The normalized spacial score (nSPS) is 10.4. The first kappa shape index (κ1) is 15.4. The van der Waals surface area contributed by atoms with Gasteiger partial charge in [0.25, 0.3) is 0 Å². The maximum atomic E-state index is 13.6. The third-order valence-corrected chi connectivity index (χ3v) is 3.50. The summed E-state index contributed by atoms with van der Waals surface area (Å²) in [6.45, 7) is 0. The molecule has 0 bridgehead atoms. The van der Waals surface area contributed by atoms with Crippen molar-refractivity contribution in [2.24, 2.45) is 0 Å². The van der Waals surface area contributed by atoms with Crippen LogP contribution in [0, 0.1) is 11.6 Å². The number of halogens is 3. The Hall–Kier alpha value is -2.54. The summed E-state index contributed by atoms with van der Waals surface area (Å²) in [6, 6.07) is 12.8. The SMILES string of the molecule is Fc1cccc(F)c1Nc1nccc(Nc2ccc(Br)cc2)n1. The van der Waals surface area contributed by atoms with Crippen LogP contribution in [0.3, 0.4) is 0 Å². The van der Waals surface area contributed by atoms with Gasteiger partial charge < -0.3 is 10.6 Å². The van der Waals surface area contributed by atoms with Crippen molar-refractivity contribution in [3.63, 3.8) is 0 Å². The van der Waals surface area contributed by atoms with Crippen LogP contribution >= 0.6 is 15.9 Å². The molecule has 2 N–H and O–H groups in total. The van der Waals surface area contributed by atoms with E-state index >= 15 is 0 Å². The van der Waals surface area contributed by atoms with Crippen LogP contribution in [0.15, 0.2) is 59.2 Å². The van der Waals surface area contributed by atoms with E-state index in [2.05, 4.69) is 36.5 Å². The predicted molar refractivity (Wildman–Crippen MR) is 89.1 cm³/mol. The summed E-state index contributed by atoms with van der Waals surface area (Å²) in [7, 11) is 0. The highest BCUT2D eigenvalue weighted by Gasteiger charge is 2.10. The Morgan fingerprint density at radius 3 is 2.26 bits per heavy atom.